The molecule has 216 valence electrons. The number of piperazine rings is 2. The van der Waals surface area contributed by atoms with Crippen LogP contribution in [0.25, 0.3) is 0 Å². The summed E-state index contributed by atoms with van der Waals surface area (Å²) < 4.78 is 0. The van der Waals surface area contributed by atoms with Gasteiger partial charge in [-0.3, -0.25) is 9.80 Å². The lowest BCUT2D eigenvalue weighted by Crippen LogP contribution is -2.56. The smallest absolute Gasteiger partial charge is 0.0195 e. The number of nitrogens with zero attached hydrogens (tertiary/aromatic N) is 4. The zero-order valence-corrected chi connectivity index (χ0v) is 25.9. The molecule has 0 aromatic rings. The van der Waals surface area contributed by atoms with Crippen molar-refractivity contribution in [2.45, 2.75) is 143 Å². The van der Waals surface area contributed by atoms with Crippen molar-refractivity contribution < 1.29 is 0 Å². The fraction of sp³-hybridized carbons (Fsp3) is 1.00. The molecule has 0 N–H and O–H groups in total. The van der Waals surface area contributed by atoms with Crippen LogP contribution in [0.4, 0.5) is 0 Å². The minimum atomic E-state index is 0.745. The van der Waals surface area contributed by atoms with Gasteiger partial charge < -0.3 is 9.80 Å². The summed E-state index contributed by atoms with van der Waals surface area (Å²) in [6.45, 7) is 19.7. The molecule has 0 saturated carbocycles. The van der Waals surface area contributed by atoms with Crippen LogP contribution in [-0.2, 0) is 0 Å². The molecule has 0 aliphatic carbocycles. The van der Waals surface area contributed by atoms with Gasteiger partial charge in [0.25, 0.3) is 0 Å². The molecule has 2 unspecified atom stereocenters. The Morgan fingerprint density at radius 2 is 0.722 bits per heavy atom. The summed E-state index contributed by atoms with van der Waals surface area (Å²) in [6, 6.07) is 1.49. The maximum absolute atomic E-state index is 2.77. The molecule has 0 bridgehead atoms. The second kappa shape index (κ2) is 22.8. The van der Waals surface area contributed by atoms with Crippen LogP contribution in [0.15, 0.2) is 0 Å². The van der Waals surface area contributed by atoms with Gasteiger partial charge in [0.05, 0.1) is 0 Å². The summed E-state index contributed by atoms with van der Waals surface area (Å²) in [7, 11) is 4.35. The first-order chi connectivity index (χ1) is 17.5. The van der Waals surface area contributed by atoms with Gasteiger partial charge in [0.1, 0.15) is 0 Å². The minimum Gasteiger partial charge on any atom is -0.304 e. The first-order valence-electron chi connectivity index (χ1n) is 16.3. The van der Waals surface area contributed by atoms with Crippen LogP contribution in [0.3, 0.4) is 0 Å². The van der Waals surface area contributed by atoms with Crippen LogP contribution in [0.1, 0.15) is 130 Å². The molecule has 4 nitrogen and oxygen atoms in total. The highest BCUT2D eigenvalue weighted by molar-refractivity contribution is 4.84. The molecule has 0 radical (unpaired) electrons. The van der Waals surface area contributed by atoms with E-state index in [0.29, 0.717) is 0 Å². The third kappa shape index (κ3) is 17.4. The fourth-order valence-corrected chi connectivity index (χ4v) is 5.70. The standard InChI is InChI=1S/C26H54N2.C6H14N2/c1-5-7-9-11-13-15-17-19-21-27-23-26(4)28(24-25(27)3)22-20-18-16-14-12-10-8-6-2;1-7-3-5-8(2)6-4-7/h25-26H,5-24H2,1-4H3;3-6H2,1-2H3. The third-order valence-corrected chi connectivity index (χ3v) is 8.57. The van der Waals surface area contributed by atoms with Gasteiger partial charge in [-0.05, 0) is 53.9 Å². The van der Waals surface area contributed by atoms with Crippen molar-refractivity contribution in [1.29, 1.82) is 0 Å². The van der Waals surface area contributed by atoms with Crippen LogP contribution >= 0.6 is 0 Å². The highest BCUT2D eigenvalue weighted by atomic mass is 15.3. The van der Waals surface area contributed by atoms with Gasteiger partial charge in [-0.25, -0.2) is 0 Å². The van der Waals surface area contributed by atoms with E-state index >= 15 is 0 Å². The summed E-state index contributed by atoms with van der Waals surface area (Å²) in [5.74, 6) is 0. The Bertz CT molecular complexity index is 421. The van der Waals surface area contributed by atoms with Gasteiger partial charge in [0.15, 0.2) is 0 Å². The molecule has 2 aliphatic rings. The minimum absolute atomic E-state index is 0.745. The summed E-state index contributed by atoms with van der Waals surface area (Å²) >= 11 is 0. The average molecular weight is 509 g/mol. The van der Waals surface area contributed by atoms with Crippen molar-refractivity contribution in [3.8, 4) is 0 Å². The molecular formula is C32H68N4. The van der Waals surface area contributed by atoms with E-state index in [1.165, 1.54) is 155 Å². The normalized spacial score (nSPS) is 22.5. The molecule has 2 atom stereocenters. The van der Waals surface area contributed by atoms with Gasteiger partial charge in [-0.15, -0.1) is 0 Å². The van der Waals surface area contributed by atoms with Crippen LogP contribution in [0.2, 0.25) is 0 Å². The molecule has 0 aromatic carbocycles. The van der Waals surface area contributed by atoms with Crippen LogP contribution in [0.5, 0.6) is 0 Å². The number of hydrogen-bond donors (Lipinski definition) is 0. The highest BCUT2D eigenvalue weighted by Crippen LogP contribution is 2.18. The molecule has 0 aromatic heterocycles. The Morgan fingerprint density at radius 3 is 1.03 bits per heavy atom. The van der Waals surface area contributed by atoms with Crippen molar-refractivity contribution in [2.75, 3.05) is 66.5 Å². The predicted molar refractivity (Wildman–Crippen MR) is 162 cm³/mol. The van der Waals surface area contributed by atoms with Crippen molar-refractivity contribution in [3.63, 3.8) is 0 Å². The second-order valence-electron chi connectivity index (χ2n) is 12.2. The molecule has 0 spiro atoms. The molecule has 2 saturated heterocycles. The van der Waals surface area contributed by atoms with E-state index in [0.717, 1.165) is 12.1 Å². The maximum atomic E-state index is 2.77. The number of hydrogen-bond acceptors (Lipinski definition) is 4. The highest BCUT2D eigenvalue weighted by Gasteiger charge is 2.27. The summed E-state index contributed by atoms with van der Waals surface area (Å²) in [5, 5.41) is 0. The Labute approximate surface area is 228 Å². The van der Waals surface area contributed by atoms with Crippen LogP contribution in [0, 0.1) is 0 Å². The van der Waals surface area contributed by atoms with E-state index in [1.54, 1.807) is 0 Å². The van der Waals surface area contributed by atoms with Crippen molar-refractivity contribution in [2.24, 2.45) is 0 Å². The first kappa shape index (κ1) is 33.9. The van der Waals surface area contributed by atoms with E-state index in [-0.39, 0.29) is 0 Å². The van der Waals surface area contributed by atoms with E-state index in [4.69, 9.17) is 0 Å². The Morgan fingerprint density at radius 1 is 0.444 bits per heavy atom. The molecule has 2 aliphatic heterocycles. The maximum Gasteiger partial charge on any atom is 0.0195 e. The zero-order valence-electron chi connectivity index (χ0n) is 25.9. The van der Waals surface area contributed by atoms with E-state index < -0.39 is 0 Å². The van der Waals surface area contributed by atoms with Crippen molar-refractivity contribution >= 4 is 0 Å². The summed E-state index contributed by atoms with van der Waals surface area (Å²) in [6.07, 6.45) is 22.9. The molecule has 2 rings (SSSR count). The van der Waals surface area contributed by atoms with Crippen LogP contribution in [-0.4, -0.2) is 98.1 Å². The van der Waals surface area contributed by atoms with E-state index in [2.05, 4.69) is 61.4 Å². The second-order valence-corrected chi connectivity index (χ2v) is 12.2. The molecular weight excluding hydrogens is 440 g/mol. The van der Waals surface area contributed by atoms with Gasteiger partial charge in [0.2, 0.25) is 0 Å². The van der Waals surface area contributed by atoms with Crippen molar-refractivity contribution in [3.05, 3.63) is 0 Å². The van der Waals surface area contributed by atoms with E-state index in [9.17, 15) is 0 Å². The third-order valence-electron chi connectivity index (χ3n) is 8.57. The molecule has 2 heterocycles. The SMILES string of the molecule is CCCCCCCCCCN1CC(C)N(CCCCCCCCCC)CC1C.CN1CCN(C)CC1. The zero-order chi connectivity index (χ0) is 26.4. The Balaban J connectivity index is 0.000000681. The lowest BCUT2D eigenvalue weighted by atomic mass is 10.0. The Hall–Kier alpha value is -0.160. The molecule has 0 amide bonds. The average Bonchev–Trinajstić information content (AvgIpc) is 2.87. The molecule has 2 fully saturated rings. The lowest BCUT2D eigenvalue weighted by Gasteiger charge is -2.44. The molecule has 36 heavy (non-hydrogen) atoms. The van der Waals surface area contributed by atoms with E-state index in [1.807, 2.05) is 0 Å². The number of rotatable bonds is 18. The molecule has 4 heteroatoms. The van der Waals surface area contributed by atoms with Gasteiger partial charge in [-0.2, -0.15) is 0 Å². The summed E-state index contributed by atoms with van der Waals surface area (Å²) in [5.41, 5.74) is 0. The summed E-state index contributed by atoms with van der Waals surface area (Å²) in [4.78, 5) is 10.3. The fourth-order valence-electron chi connectivity index (χ4n) is 5.70. The van der Waals surface area contributed by atoms with Crippen LogP contribution < -0.4 is 0 Å². The topological polar surface area (TPSA) is 13.0 Å². The predicted octanol–water partition coefficient (Wildman–Crippen LogP) is 7.53. The van der Waals surface area contributed by atoms with Gasteiger partial charge >= 0.3 is 0 Å². The quantitative estimate of drug-likeness (QED) is 0.177. The lowest BCUT2D eigenvalue weighted by molar-refractivity contribution is 0.0406. The van der Waals surface area contributed by atoms with Gasteiger partial charge in [-0.1, -0.05) is 104 Å². The van der Waals surface area contributed by atoms with Gasteiger partial charge in [0, 0.05) is 51.4 Å². The first-order valence-corrected chi connectivity index (χ1v) is 16.3. The Kier molecular flexibility index (Phi) is 21.4. The number of unbranched alkanes of at least 4 members (excludes halogenated alkanes) is 14. The monoisotopic (exact) mass is 509 g/mol. The number of likely N-dealkylation sites (N-methyl/N-ethyl adjacent to an activating group) is 2. The van der Waals surface area contributed by atoms with Crippen molar-refractivity contribution in [1.82, 2.24) is 19.6 Å². The largest absolute Gasteiger partial charge is 0.304 e.